The number of H-pyrrole nitrogens is 1. The molecular weight excluding hydrogens is 298 g/mol. The molecule has 0 aromatic carbocycles. The number of carbonyl (C=O) groups is 1. The molecule has 23 heavy (non-hydrogen) atoms. The molecule has 0 saturated carbocycles. The monoisotopic (exact) mass is 317 g/mol. The molecule has 1 aliphatic heterocycles. The fourth-order valence-electron chi connectivity index (χ4n) is 2.41. The second-order valence-corrected chi connectivity index (χ2v) is 5.80. The lowest BCUT2D eigenvalue weighted by atomic mass is 10.2. The van der Waals surface area contributed by atoms with Crippen molar-refractivity contribution in [3.63, 3.8) is 0 Å². The molecule has 3 rings (SSSR count). The van der Waals surface area contributed by atoms with E-state index >= 15 is 0 Å². The van der Waals surface area contributed by atoms with E-state index in [0.717, 1.165) is 0 Å². The molecule has 2 aromatic rings. The Bertz CT molecular complexity index is 723. The molecule has 1 amide bonds. The first kappa shape index (κ1) is 15.3. The molecular formula is C15H19N5O3. The number of carbonyl (C=O) groups excluding carboxylic acids is 1. The lowest BCUT2D eigenvalue weighted by Gasteiger charge is -2.33. The van der Waals surface area contributed by atoms with Gasteiger partial charge >= 0.3 is 6.01 Å². The summed E-state index contributed by atoms with van der Waals surface area (Å²) in [5, 5.41) is 8.09. The fraction of sp³-hybridized carbons (Fsp3) is 0.467. The summed E-state index contributed by atoms with van der Waals surface area (Å²) in [4.78, 5) is 29.7. The Hall–Kier alpha value is -2.64. The van der Waals surface area contributed by atoms with E-state index in [4.69, 9.17) is 4.42 Å². The zero-order valence-corrected chi connectivity index (χ0v) is 13.2. The predicted molar refractivity (Wildman–Crippen MR) is 83.6 cm³/mol. The van der Waals surface area contributed by atoms with Crippen LogP contribution in [0.3, 0.4) is 0 Å². The summed E-state index contributed by atoms with van der Waals surface area (Å²) < 4.78 is 5.64. The van der Waals surface area contributed by atoms with Crippen molar-refractivity contribution in [2.24, 2.45) is 0 Å². The number of hydrogen-bond acceptors (Lipinski definition) is 6. The van der Waals surface area contributed by atoms with Crippen LogP contribution in [0.2, 0.25) is 0 Å². The first-order chi connectivity index (χ1) is 11.0. The second-order valence-electron chi connectivity index (χ2n) is 5.80. The number of aromatic amines is 1. The number of nitrogens with zero attached hydrogens (tertiary/aromatic N) is 4. The summed E-state index contributed by atoms with van der Waals surface area (Å²) in [6.07, 6.45) is 1.45. The van der Waals surface area contributed by atoms with Gasteiger partial charge < -0.3 is 19.2 Å². The Labute approximate surface area is 133 Å². The average Bonchev–Trinajstić information content (AvgIpc) is 3.05. The first-order valence-electron chi connectivity index (χ1n) is 7.61. The summed E-state index contributed by atoms with van der Waals surface area (Å²) in [5.74, 6) is 0.723. The molecule has 0 radical (unpaired) electrons. The summed E-state index contributed by atoms with van der Waals surface area (Å²) in [6.45, 7) is 6.40. The molecule has 1 N–H and O–H groups in total. The number of pyridine rings is 1. The van der Waals surface area contributed by atoms with Crippen LogP contribution >= 0.6 is 0 Å². The maximum atomic E-state index is 12.4. The topological polar surface area (TPSA) is 95.3 Å². The van der Waals surface area contributed by atoms with Gasteiger partial charge in [0.2, 0.25) is 11.4 Å². The molecule has 0 unspecified atom stereocenters. The molecule has 8 nitrogen and oxygen atoms in total. The molecule has 0 aliphatic carbocycles. The average molecular weight is 317 g/mol. The Morgan fingerprint density at radius 3 is 2.52 bits per heavy atom. The fourth-order valence-corrected chi connectivity index (χ4v) is 2.41. The molecule has 3 heterocycles. The maximum absolute atomic E-state index is 12.4. The van der Waals surface area contributed by atoms with Gasteiger partial charge in [-0.2, -0.15) is 0 Å². The van der Waals surface area contributed by atoms with Crippen molar-refractivity contribution in [1.29, 1.82) is 0 Å². The quantitative estimate of drug-likeness (QED) is 0.901. The number of nitrogens with one attached hydrogen (secondary N) is 1. The molecule has 2 aromatic heterocycles. The molecule has 1 fully saturated rings. The van der Waals surface area contributed by atoms with Gasteiger partial charge in [-0.05, 0) is 6.07 Å². The van der Waals surface area contributed by atoms with Crippen molar-refractivity contribution in [1.82, 2.24) is 20.1 Å². The van der Waals surface area contributed by atoms with E-state index < -0.39 is 0 Å². The number of piperazine rings is 1. The maximum Gasteiger partial charge on any atom is 0.318 e. The minimum Gasteiger partial charge on any atom is -0.408 e. The van der Waals surface area contributed by atoms with E-state index in [1.54, 1.807) is 11.0 Å². The minimum atomic E-state index is -0.219. The third-order valence-electron chi connectivity index (χ3n) is 3.79. The SMILES string of the molecule is CC(C)c1nnc(N2CCN(C(=O)c3ccc(=O)[nH]c3)CC2)o1. The number of anilines is 1. The van der Waals surface area contributed by atoms with Gasteiger partial charge in [-0.3, -0.25) is 9.59 Å². The summed E-state index contributed by atoms with van der Waals surface area (Å²) >= 11 is 0. The number of rotatable bonds is 3. The largest absolute Gasteiger partial charge is 0.408 e. The summed E-state index contributed by atoms with van der Waals surface area (Å²) in [6, 6.07) is 3.40. The lowest BCUT2D eigenvalue weighted by molar-refractivity contribution is 0.0744. The van der Waals surface area contributed by atoms with Crippen LogP contribution in [0.4, 0.5) is 6.01 Å². The van der Waals surface area contributed by atoms with Crippen molar-refractivity contribution in [2.45, 2.75) is 19.8 Å². The van der Waals surface area contributed by atoms with Crippen molar-refractivity contribution < 1.29 is 9.21 Å². The normalized spacial score (nSPS) is 15.3. The van der Waals surface area contributed by atoms with Crippen LogP contribution in [0.25, 0.3) is 0 Å². The Morgan fingerprint density at radius 2 is 1.96 bits per heavy atom. The smallest absolute Gasteiger partial charge is 0.318 e. The summed E-state index contributed by atoms with van der Waals surface area (Å²) in [5.41, 5.74) is 0.265. The molecule has 1 aliphatic rings. The third-order valence-corrected chi connectivity index (χ3v) is 3.79. The summed E-state index contributed by atoms with van der Waals surface area (Å²) in [7, 11) is 0. The van der Waals surface area contributed by atoms with Gasteiger partial charge in [0, 0.05) is 44.4 Å². The van der Waals surface area contributed by atoms with Crippen LogP contribution in [0.1, 0.15) is 36.0 Å². The van der Waals surface area contributed by atoms with E-state index in [-0.39, 0.29) is 17.4 Å². The Kier molecular flexibility index (Phi) is 4.14. The lowest BCUT2D eigenvalue weighted by Crippen LogP contribution is -2.49. The number of aromatic nitrogens is 3. The first-order valence-corrected chi connectivity index (χ1v) is 7.61. The van der Waals surface area contributed by atoms with Crippen molar-refractivity contribution in [3.05, 3.63) is 40.1 Å². The van der Waals surface area contributed by atoms with Crippen LogP contribution in [0, 0.1) is 0 Å². The van der Waals surface area contributed by atoms with E-state index in [2.05, 4.69) is 15.2 Å². The van der Waals surface area contributed by atoms with E-state index in [1.165, 1.54) is 12.3 Å². The molecule has 0 bridgehead atoms. The van der Waals surface area contributed by atoms with Crippen molar-refractivity contribution >= 4 is 11.9 Å². The third kappa shape index (κ3) is 3.25. The molecule has 8 heteroatoms. The van der Waals surface area contributed by atoms with Gasteiger partial charge in [0.05, 0.1) is 5.56 Å². The predicted octanol–water partition coefficient (Wildman–Crippen LogP) is 0.844. The highest BCUT2D eigenvalue weighted by Crippen LogP contribution is 2.19. The van der Waals surface area contributed by atoms with Gasteiger partial charge in [0.1, 0.15) is 0 Å². The Balaban J connectivity index is 1.62. The van der Waals surface area contributed by atoms with Crippen LogP contribution < -0.4 is 10.5 Å². The van der Waals surface area contributed by atoms with Gasteiger partial charge in [-0.1, -0.05) is 18.9 Å². The minimum absolute atomic E-state index is 0.0886. The zero-order chi connectivity index (χ0) is 16.4. The number of amides is 1. The molecule has 0 atom stereocenters. The zero-order valence-electron chi connectivity index (χ0n) is 13.2. The van der Waals surface area contributed by atoms with Gasteiger partial charge in [0.15, 0.2) is 0 Å². The molecule has 122 valence electrons. The van der Waals surface area contributed by atoms with Gasteiger partial charge in [-0.15, -0.1) is 5.10 Å². The van der Waals surface area contributed by atoms with E-state index in [1.807, 2.05) is 18.7 Å². The molecule has 1 saturated heterocycles. The number of hydrogen-bond donors (Lipinski definition) is 1. The molecule has 0 spiro atoms. The highest BCUT2D eigenvalue weighted by Gasteiger charge is 2.25. The highest BCUT2D eigenvalue weighted by molar-refractivity contribution is 5.94. The van der Waals surface area contributed by atoms with E-state index in [0.29, 0.717) is 43.6 Å². The van der Waals surface area contributed by atoms with Gasteiger partial charge in [-0.25, -0.2) is 0 Å². The van der Waals surface area contributed by atoms with Crippen molar-refractivity contribution in [3.8, 4) is 0 Å². The Morgan fingerprint density at radius 1 is 1.22 bits per heavy atom. The van der Waals surface area contributed by atoms with Crippen LogP contribution in [-0.2, 0) is 0 Å². The van der Waals surface area contributed by atoms with Crippen LogP contribution in [0.5, 0.6) is 0 Å². The van der Waals surface area contributed by atoms with E-state index in [9.17, 15) is 9.59 Å². The van der Waals surface area contributed by atoms with Gasteiger partial charge in [0.25, 0.3) is 5.91 Å². The van der Waals surface area contributed by atoms with Crippen molar-refractivity contribution in [2.75, 3.05) is 31.1 Å². The van der Waals surface area contributed by atoms with Crippen LogP contribution in [0.15, 0.2) is 27.5 Å². The second kappa shape index (κ2) is 6.23. The van der Waals surface area contributed by atoms with Crippen LogP contribution in [-0.4, -0.2) is 52.2 Å². The highest BCUT2D eigenvalue weighted by atomic mass is 16.4. The standard InChI is InChI=1S/C15H19N5O3/c1-10(2)13-17-18-15(23-13)20-7-5-19(6-8-20)14(22)11-3-4-12(21)16-9-11/h3-4,9-10H,5-8H2,1-2H3,(H,16,21).